The van der Waals surface area contributed by atoms with Gasteiger partial charge in [0.1, 0.15) is 0 Å². The Bertz CT molecular complexity index is 314. The summed E-state index contributed by atoms with van der Waals surface area (Å²) in [7, 11) is 0. The van der Waals surface area contributed by atoms with Gasteiger partial charge >= 0.3 is 0 Å². The lowest BCUT2D eigenvalue weighted by Gasteiger charge is -2.21. The molecule has 0 amide bonds. The van der Waals surface area contributed by atoms with Crippen molar-refractivity contribution in [3.05, 3.63) is 16.1 Å². The van der Waals surface area contributed by atoms with E-state index in [0.717, 1.165) is 12.5 Å². The second-order valence-corrected chi connectivity index (χ2v) is 6.01. The molecule has 1 aromatic rings. The zero-order chi connectivity index (χ0) is 9.38. The van der Waals surface area contributed by atoms with E-state index >= 15 is 0 Å². The van der Waals surface area contributed by atoms with E-state index in [-0.39, 0.29) is 0 Å². The summed E-state index contributed by atoms with van der Waals surface area (Å²) in [6.45, 7) is 1.13. The second kappa shape index (κ2) is 3.83. The summed E-state index contributed by atoms with van der Waals surface area (Å²) >= 11 is 3.89. The molecule has 0 aromatic carbocycles. The fourth-order valence-corrected chi connectivity index (χ4v) is 3.73. The molecule has 0 spiro atoms. The van der Waals surface area contributed by atoms with E-state index in [9.17, 15) is 0 Å². The van der Waals surface area contributed by atoms with Crippen LogP contribution in [0.5, 0.6) is 0 Å². The summed E-state index contributed by atoms with van der Waals surface area (Å²) in [6.07, 6.45) is 2.72. The highest BCUT2D eigenvalue weighted by atomic mass is 32.2. The van der Waals surface area contributed by atoms with E-state index in [1.54, 1.807) is 0 Å². The van der Waals surface area contributed by atoms with Gasteiger partial charge in [0, 0.05) is 29.3 Å². The number of hydrogen-bond donors (Lipinski definition) is 1. The van der Waals surface area contributed by atoms with Gasteiger partial charge < -0.3 is 5.32 Å². The molecule has 3 rings (SSSR count). The van der Waals surface area contributed by atoms with Crippen LogP contribution in [-0.2, 0) is 0 Å². The lowest BCUT2D eigenvalue weighted by atomic mass is 10.2. The van der Waals surface area contributed by atoms with E-state index < -0.39 is 0 Å². The molecule has 1 saturated heterocycles. The van der Waals surface area contributed by atoms with Crippen LogP contribution in [0.2, 0.25) is 0 Å². The Kier molecular flexibility index (Phi) is 2.51. The minimum atomic E-state index is 0.512. The predicted octanol–water partition coefficient (Wildman–Crippen LogP) is 2.40. The summed E-state index contributed by atoms with van der Waals surface area (Å²) in [5, 5.41) is 7.15. The third-order valence-corrected chi connectivity index (χ3v) is 4.83. The molecule has 1 aliphatic heterocycles. The van der Waals surface area contributed by atoms with Crippen molar-refractivity contribution >= 4 is 23.1 Å². The number of nitrogens with zero attached hydrogens (tertiary/aromatic N) is 1. The normalized spacial score (nSPS) is 27.9. The molecule has 1 atom stereocenters. The maximum atomic E-state index is 4.74. The number of thiazole rings is 1. The lowest BCUT2D eigenvalue weighted by Crippen LogP contribution is -2.30. The van der Waals surface area contributed by atoms with Gasteiger partial charge in [-0.15, -0.1) is 11.3 Å². The van der Waals surface area contributed by atoms with Crippen LogP contribution in [0.3, 0.4) is 0 Å². The average Bonchev–Trinajstić information content (AvgIpc) is 2.98. The van der Waals surface area contributed by atoms with Crippen LogP contribution in [0.1, 0.15) is 35.5 Å². The van der Waals surface area contributed by atoms with E-state index in [2.05, 4.69) is 10.7 Å². The molecule has 1 aliphatic carbocycles. The van der Waals surface area contributed by atoms with Crippen LogP contribution in [0.4, 0.5) is 0 Å². The molecule has 2 aliphatic rings. The highest BCUT2D eigenvalue weighted by Gasteiger charge is 2.28. The van der Waals surface area contributed by atoms with Gasteiger partial charge in [-0.05, 0) is 12.8 Å². The summed E-state index contributed by atoms with van der Waals surface area (Å²) in [5.74, 6) is 3.24. The molecule has 1 N–H and O–H groups in total. The lowest BCUT2D eigenvalue weighted by molar-refractivity contribution is 0.582. The quantitative estimate of drug-likeness (QED) is 0.838. The van der Waals surface area contributed by atoms with E-state index in [0.29, 0.717) is 6.04 Å². The topological polar surface area (TPSA) is 24.9 Å². The molecule has 0 radical (unpaired) electrons. The molecule has 1 saturated carbocycles. The summed E-state index contributed by atoms with van der Waals surface area (Å²) in [5.41, 5.74) is 1.28. The Morgan fingerprint density at radius 3 is 3.07 bits per heavy atom. The Labute approximate surface area is 92.5 Å². The Hall–Kier alpha value is -0.0600. The monoisotopic (exact) mass is 226 g/mol. The van der Waals surface area contributed by atoms with Crippen molar-refractivity contribution in [2.45, 2.75) is 24.8 Å². The molecular formula is C10H14N2S2. The first-order valence-electron chi connectivity index (χ1n) is 5.20. The number of nitrogens with one attached hydrogen (secondary N) is 1. The van der Waals surface area contributed by atoms with Crippen molar-refractivity contribution in [1.29, 1.82) is 0 Å². The SMILES string of the molecule is c1sc(C2CC2)nc1C1CSCCN1. The van der Waals surface area contributed by atoms with Crippen molar-refractivity contribution in [2.75, 3.05) is 18.1 Å². The van der Waals surface area contributed by atoms with Crippen LogP contribution in [0, 0.1) is 0 Å². The Morgan fingerprint density at radius 2 is 2.36 bits per heavy atom. The predicted molar refractivity (Wildman–Crippen MR) is 62.2 cm³/mol. The maximum Gasteiger partial charge on any atom is 0.0959 e. The van der Waals surface area contributed by atoms with Crippen molar-refractivity contribution < 1.29 is 0 Å². The fraction of sp³-hybridized carbons (Fsp3) is 0.700. The Balaban J connectivity index is 1.74. The smallest absolute Gasteiger partial charge is 0.0959 e. The third kappa shape index (κ3) is 1.83. The molecule has 2 nitrogen and oxygen atoms in total. The second-order valence-electron chi connectivity index (χ2n) is 3.97. The van der Waals surface area contributed by atoms with Crippen molar-refractivity contribution in [2.24, 2.45) is 0 Å². The fourth-order valence-electron chi connectivity index (χ4n) is 1.73. The molecule has 4 heteroatoms. The summed E-state index contributed by atoms with van der Waals surface area (Å²) < 4.78 is 0. The van der Waals surface area contributed by atoms with Crippen LogP contribution in [-0.4, -0.2) is 23.0 Å². The minimum absolute atomic E-state index is 0.512. The molecule has 76 valence electrons. The molecule has 14 heavy (non-hydrogen) atoms. The highest BCUT2D eigenvalue weighted by molar-refractivity contribution is 7.99. The van der Waals surface area contributed by atoms with Gasteiger partial charge in [0.15, 0.2) is 0 Å². The summed E-state index contributed by atoms with van der Waals surface area (Å²) in [6, 6.07) is 0.512. The van der Waals surface area contributed by atoms with Crippen LogP contribution in [0.25, 0.3) is 0 Å². The van der Waals surface area contributed by atoms with Gasteiger partial charge in [-0.25, -0.2) is 4.98 Å². The molecule has 2 heterocycles. The first-order valence-corrected chi connectivity index (χ1v) is 7.23. The van der Waals surface area contributed by atoms with Gasteiger partial charge in [-0.1, -0.05) is 0 Å². The van der Waals surface area contributed by atoms with Gasteiger partial charge in [0.05, 0.1) is 16.7 Å². The highest BCUT2D eigenvalue weighted by Crippen LogP contribution is 2.42. The Morgan fingerprint density at radius 1 is 1.43 bits per heavy atom. The van der Waals surface area contributed by atoms with Gasteiger partial charge in [0.2, 0.25) is 0 Å². The van der Waals surface area contributed by atoms with Crippen LogP contribution >= 0.6 is 23.1 Å². The van der Waals surface area contributed by atoms with E-state index in [1.165, 1.54) is 35.0 Å². The van der Waals surface area contributed by atoms with Gasteiger partial charge in [-0.3, -0.25) is 0 Å². The largest absolute Gasteiger partial charge is 0.307 e. The van der Waals surface area contributed by atoms with E-state index in [1.807, 2.05) is 23.1 Å². The van der Waals surface area contributed by atoms with Gasteiger partial charge in [-0.2, -0.15) is 11.8 Å². The first-order chi connectivity index (χ1) is 6.93. The van der Waals surface area contributed by atoms with E-state index in [4.69, 9.17) is 4.98 Å². The van der Waals surface area contributed by atoms with Crippen molar-refractivity contribution in [1.82, 2.24) is 10.3 Å². The standard InChI is InChI=1S/C10H14N2S2/c1-2-7(1)10-12-9(6-14-10)8-5-13-4-3-11-8/h6-8,11H,1-5H2. The molecule has 2 fully saturated rings. The van der Waals surface area contributed by atoms with Crippen molar-refractivity contribution in [3.8, 4) is 0 Å². The zero-order valence-corrected chi connectivity index (χ0v) is 9.66. The number of thioether (sulfide) groups is 1. The van der Waals surface area contributed by atoms with Crippen LogP contribution < -0.4 is 5.32 Å². The molecule has 0 bridgehead atoms. The molecule has 1 aromatic heterocycles. The maximum absolute atomic E-state index is 4.74. The third-order valence-electron chi connectivity index (χ3n) is 2.74. The zero-order valence-electron chi connectivity index (χ0n) is 8.03. The average molecular weight is 226 g/mol. The summed E-state index contributed by atoms with van der Waals surface area (Å²) in [4.78, 5) is 4.74. The minimum Gasteiger partial charge on any atom is -0.307 e. The molecule has 1 unspecified atom stereocenters. The van der Waals surface area contributed by atoms with Crippen LogP contribution in [0.15, 0.2) is 5.38 Å². The van der Waals surface area contributed by atoms with Crippen molar-refractivity contribution in [3.63, 3.8) is 0 Å². The number of rotatable bonds is 2. The molecular weight excluding hydrogens is 212 g/mol. The number of hydrogen-bond acceptors (Lipinski definition) is 4. The first kappa shape index (κ1) is 9.19. The number of aromatic nitrogens is 1. The van der Waals surface area contributed by atoms with Gasteiger partial charge in [0.25, 0.3) is 0 Å².